The fourth-order valence-corrected chi connectivity index (χ4v) is 6.37. The van der Waals surface area contributed by atoms with Crippen molar-refractivity contribution in [3.05, 3.63) is 65.5 Å². The first-order valence-electron chi connectivity index (χ1n) is 18.5. The number of ether oxygens (including phenoxy) is 1. The van der Waals surface area contributed by atoms with Crippen LogP contribution < -0.4 is 16.1 Å². The Kier molecular flexibility index (Phi) is 14.8. The van der Waals surface area contributed by atoms with Crippen LogP contribution in [0, 0.1) is 23.2 Å². The van der Waals surface area contributed by atoms with Crippen LogP contribution in [0.2, 0.25) is 0 Å². The van der Waals surface area contributed by atoms with E-state index in [1.165, 1.54) is 7.11 Å². The second kappa shape index (κ2) is 18.2. The summed E-state index contributed by atoms with van der Waals surface area (Å²) < 4.78 is 4.78. The van der Waals surface area contributed by atoms with Crippen molar-refractivity contribution >= 4 is 23.9 Å². The molecule has 0 aliphatic carbocycles. The van der Waals surface area contributed by atoms with Crippen molar-refractivity contribution in [3.8, 4) is 0 Å². The van der Waals surface area contributed by atoms with E-state index in [-0.39, 0.29) is 23.9 Å². The molecule has 13 heteroatoms. The van der Waals surface area contributed by atoms with Gasteiger partial charge in [-0.2, -0.15) is 0 Å². The first kappa shape index (κ1) is 43.2. The number of aliphatic hydroxyl groups is 1. The highest BCUT2D eigenvalue weighted by molar-refractivity contribution is 5.89. The van der Waals surface area contributed by atoms with Gasteiger partial charge in [-0.1, -0.05) is 98.7 Å². The van der Waals surface area contributed by atoms with Crippen molar-refractivity contribution in [3.63, 3.8) is 0 Å². The zero-order valence-electron chi connectivity index (χ0n) is 33.7. The van der Waals surface area contributed by atoms with Gasteiger partial charge in [0, 0.05) is 31.9 Å². The summed E-state index contributed by atoms with van der Waals surface area (Å²) in [6.45, 7) is 21.0. The molecule has 5 amide bonds. The predicted molar refractivity (Wildman–Crippen MR) is 205 cm³/mol. The van der Waals surface area contributed by atoms with Gasteiger partial charge in [-0.3, -0.25) is 20.0 Å². The smallest absolute Gasteiger partial charge is 0.407 e. The number of carbonyl (C=O) groups is 4. The molecular weight excluding hydrogens is 674 g/mol. The molecule has 2 aromatic rings. The first-order chi connectivity index (χ1) is 24.6. The number of nitrogens with zero attached hydrogens (tertiary/aromatic N) is 4. The Morgan fingerprint density at radius 3 is 2.13 bits per heavy atom. The standard InChI is InChI=1S/C40H63N7O6/c1-27-16-15-19-29(41-27)25-45-22-23-47(37(45)52)33(40(8,9)10)35(50)42-30(24-28-17-13-12-14-18-28)31(48)26-46(21-20-38(2,3)4)44-34(49)32(39(5,6)7)43-36(51)53-11/h12-19,30-33,48H,20-26H2,1-11H3,(H,42,50)(H,43,51)(H,44,49)/t30-,31-,32+,33+/m0/s1. The van der Waals surface area contributed by atoms with Gasteiger partial charge >= 0.3 is 12.1 Å². The molecular formula is C40H63N7O6. The Balaban J connectivity index is 1.89. The fraction of sp³-hybridized carbons (Fsp3) is 0.625. The Labute approximate surface area is 316 Å². The zero-order chi connectivity index (χ0) is 39.7. The molecule has 1 aromatic carbocycles. The largest absolute Gasteiger partial charge is 0.453 e. The molecule has 3 rings (SSSR count). The lowest BCUT2D eigenvalue weighted by atomic mass is 9.84. The number of nitrogens with one attached hydrogen (secondary N) is 3. The molecule has 0 spiro atoms. The summed E-state index contributed by atoms with van der Waals surface area (Å²) >= 11 is 0. The van der Waals surface area contributed by atoms with Crippen molar-refractivity contribution in [2.24, 2.45) is 16.2 Å². The minimum absolute atomic E-state index is 0.0191. The third-order valence-electron chi connectivity index (χ3n) is 9.28. The van der Waals surface area contributed by atoms with Gasteiger partial charge in [0.25, 0.3) is 5.91 Å². The summed E-state index contributed by atoms with van der Waals surface area (Å²) in [5.74, 6) is -0.833. The summed E-state index contributed by atoms with van der Waals surface area (Å²) in [5, 5.41) is 19.4. The summed E-state index contributed by atoms with van der Waals surface area (Å²) in [4.78, 5) is 62.0. The van der Waals surface area contributed by atoms with E-state index < -0.39 is 47.1 Å². The maximum atomic E-state index is 14.4. The second-order valence-corrected chi connectivity index (χ2v) is 17.5. The minimum atomic E-state index is -1.14. The Morgan fingerprint density at radius 1 is 0.906 bits per heavy atom. The number of aromatic nitrogens is 1. The molecule has 13 nitrogen and oxygen atoms in total. The number of aliphatic hydroxyl groups excluding tert-OH is 1. The van der Waals surface area contributed by atoms with Crippen molar-refractivity contribution in [1.29, 1.82) is 0 Å². The van der Waals surface area contributed by atoms with Gasteiger partial charge in [-0.05, 0) is 53.7 Å². The molecule has 1 aliphatic heterocycles. The van der Waals surface area contributed by atoms with E-state index in [0.29, 0.717) is 39.0 Å². The van der Waals surface area contributed by atoms with E-state index in [1.54, 1.807) is 14.8 Å². The maximum absolute atomic E-state index is 14.4. The van der Waals surface area contributed by atoms with E-state index in [4.69, 9.17) is 4.74 Å². The number of aryl methyl sites for hydroxylation is 1. The number of hydrazine groups is 1. The molecule has 1 saturated heterocycles. The van der Waals surface area contributed by atoms with Gasteiger partial charge in [0.05, 0.1) is 31.5 Å². The maximum Gasteiger partial charge on any atom is 0.407 e. The van der Waals surface area contributed by atoms with Crippen LogP contribution in [0.4, 0.5) is 9.59 Å². The van der Waals surface area contributed by atoms with Crippen molar-refractivity contribution in [2.45, 2.75) is 113 Å². The van der Waals surface area contributed by atoms with E-state index in [2.05, 4.69) is 41.8 Å². The van der Waals surface area contributed by atoms with Crippen molar-refractivity contribution in [1.82, 2.24) is 35.9 Å². The molecule has 0 radical (unpaired) electrons. The topological polar surface area (TPSA) is 156 Å². The van der Waals surface area contributed by atoms with Gasteiger partial charge in [-0.25, -0.2) is 14.6 Å². The number of carbonyl (C=O) groups excluding carboxylic acids is 4. The monoisotopic (exact) mass is 737 g/mol. The quantitative estimate of drug-likeness (QED) is 0.192. The molecule has 294 valence electrons. The van der Waals surface area contributed by atoms with Gasteiger partial charge in [0.1, 0.15) is 12.1 Å². The zero-order valence-corrected chi connectivity index (χ0v) is 33.7. The van der Waals surface area contributed by atoms with E-state index >= 15 is 0 Å². The molecule has 0 saturated carbocycles. The lowest BCUT2D eigenvalue weighted by Gasteiger charge is -2.39. The van der Waals surface area contributed by atoms with Crippen LogP contribution in [0.15, 0.2) is 48.5 Å². The van der Waals surface area contributed by atoms with Gasteiger partial charge in [0.15, 0.2) is 0 Å². The summed E-state index contributed by atoms with van der Waals surface area (Å²) in [6.07, 6.45) is -0.885. The van der Waals surface area contributed by atoms with Crippen LogP contribution in [0.1, 0.15) is 85.7 Å². The fourth-order valence-electron chi connectivity index (χ4n) is 6.37. The van der Waals surface area contributed by atoms with Crippen LogP contribution in [0.3, 0.4) is 0 Å². The number of alkyl carbamates (subject to hydrolysis) is 1. The van der Waals surface area contributed by atoms with E-state index in [9.17, 15) is 24.3 Å². The molecule has 0 bridgehead atoms. The highest BCUT2D eigenvalue weighted by Crippen LogP contribution is 2.29. The number of amides is 5. The molecule has 1 aromatic heterocycles. The third-order valence-corrected chi connectivity index (χ3v) is 9.28. The molecule has 53 heavy (non-hydrogen) atoms. The average molecular weight is 738 g/mol. The highest BCUT2D eigenvalue weighted by atomic mass is 16.5. The molecule has 1 aliphatic rings. The Morgan fingerprint density at radius 2 is 1.57 bits per heavy atom. The van der Waals surface area contributed by atoms with Crippen LogP contribution >= 0.6 is 0 Å². The number of urea groups is 1. The molecule has 1 fully saturated rings. The molecule has 4 N–H and O–H groups in total. The lowest BCUT2D eigenvalue weighted by molar-refractivity contribution is -0.133. The number of rotatable bonds is 15. The number of pyridine rings is 1. The minimum Gasteiger partial charge on any atom is -0.453 e. The molecule has 2 heterocycles. The number of benzene rings is 1. The summed E-state index contributed by atoms with van der Waals surface area (Å²) in [7, 11) is 1.24. The SMILES string of the molecule is COC(=O)N[C@H](C(=O)NN(CCC(C)(C)C)C[C@H](O)[C@H](Cc1ccccc1)NC(=O)[C@@H](N1CCN(Cc2cccc(C)n2)C1=O)C(C)(C)C)C(C)(C)C. The van der Waals surface area contributed by atoms with Crippen LogP contribution in [-0.2, 0) is 27.3 Å². The van der Waals surface area contributed by atoms with Crippen LogP contribution in [0.25, 0.3) is 0 Å². The van der Waals surface area contributed by atoms with Gasteiger partial charge < -0.3 is 30.3 Å². The lowest BCUT2D eigenvalue weighted by Crippen LogP contribution is -2.61. The Hall–Kier alpha value is -4.23. The third kappa shape index (κ3) is 13.3. The van der Waals surface area contributed by atoms with Crippen LogP contribution in [0.5, 0.6) is 0 Å². The number of hydrogen-bond acceptors (Lipinski definition) is 8. The average Bonchev–Trinajstić information content (AvgIpc) is 3.39. The molecule has 0 unspecified atom stereocenters. The first-order valence-corrected chi connectivity index (χ1v) is 18.5. The highest BCUT2D eigenvalue weighted by Gasteiger charge is 2.44. The second-order valence-electron chi connectivity index (χ2n) is 17.5. The Bertz CT molecular complexity index is 1530. The summed E-state index contributed by atoms with van der Waals surface area (Å²) in [5.41, 5.74) is 4.10. The number of methoxy groups -OCH3 is 1. The van der Waals surface area contributed by atoms with Crippen molar-refractivity contribution in [2.75, 3.05) is 33.3 Å². The van der Waals surface area contributed by atoms with E-state index in [1.807, 2.05) is 97.0 Å². The van der Waals surface area contributed by atoms with Gasteiger partial charge in [-0.15, -0.1) is 0 Å². The predicted octanol–water partition coefficient (Wildman–Crippen LogP) is 4.67. The van der Waals surface area contributed by atoms with E-state index in [0.717, 1.165) is 17.0 Å². The summed E-state index contributed by atoms with van der Waals surface area (Å²) in [6, 6.07) is 12.5. The van der Waals surface area contributed by atoms with Gasteiger partial charge in [0.2, 0.25) is 5.91 Å². The van der Waals surface area contributed by atoms with Crippen molar-refractivity contribution < 1.29 is 29.0 Å². The number of hydrogen-bond donors (Lipinski definition) is 4. The normalized spacial score (nSPS) is 16.2. The molecule has 4 atom stereocenters. The van der Waals surface area contributed by atoms with Crippen LogP contribution in [-0.4, -0.2) is 106 Å².